The standard InChI is InChI=1S/C21H29N4P/c1-5-23(6-2)26(24(7-3)8-4)21-20(18-14-10-9-11-15-18)22-19-16-12-13-17-25(19)21/h9-17H,5-8H2,1-4H3. The van der Waals surface area contributed by atoms with Gasteiger partial charge in [0.2, 0.25) is 0 Å². The Labute approximate surface area is 158 Å². The number of nitrogens with zero attached hydrogens (tertiary/aromatic N) is 4. The van der Waals surface area contributed by atoms with Crippen LogP contribution in [-0.4, -0.2) is 44.9 Å². The molecule has 0 bridgehead atoms. The van der Waals surface area contributed by atoms with Crippen molar-refractivity contribution in [3.05, 3.63) is 54.7 Å². The Morgan fingerprint density at radius 3 is 1.96 bits per heavy atom. The van der Waals surface area contributed by atoms with Crippen molar-refractivity contribution in [2.75, 3.05) is 26.2 Å². The summed E-state index contributed by atoms with van der Waals surface area (Å²) in [6.07, 6.45) is 2.16. The van der Waals surface area contributed by atoms with Gasteiger partial charge in [0.25, 0.3) is 0 Å². The van der Waals surface area contributed by atoms with Crippen LogP contribution in [0.5, 0.6) is 0 Å². The quantitative estimate of drug-likeness (QED) is 0.542. The van der Waals surface area contributed by atoms with Gasteiger partial charge in [0.15, 0.2) is 0 Å². The molecule has 0 aliphatic carbocycles. The van der Waals surface area contributed by atoms with E-state index in [-0.39, 0.29) is 0 Å². The van der Waals surface area contributed by atoms with Gasteiger partial charge in [0.05, 0.1) is 13.9 Å². The van der Waals surface area contributed by atoms with Gasteiger partial charge < -0.3 is 0 Å². The highest BCUT2D eigenvalue weighted by Crippen LogP contribution is 2.45. The van der Waals surface area contributed by atoms with Crippen molar-refractivity contribution < 1.29 is 0 Å². The highest BCUT2D eigenvalue weighted by atomic mass is 31.1. The monoisotopic (exact) mass is 368 g/mol. The number of hydrogen-bond acceptors (Lipinski definition) is 3. The van der Waals surface area contributed by atoms with E-state index in [1.54, 1.807) is 0 Å². The Morgan fingerprint density at radius 1 is 0.808 bits per heavy atom. The molecular formula is C21H29N4P. The lowest BCUT2D eigenvalue weighted by atomic mass is 10.2. The van der Waals surface area contributed by atoms with Crippen molar-refractivity contribution in [2.24, 2.45) is 0 Å². The summed E-state index contributed by atoms with van der Waals surface area (Å²) >= 11 is 0. The maximum absolute atomic E-state index is 5.03. The molecule has 0 amide bonds. The highest BCUT2D eigenvalue weighted by Gasteiger charge is 2.30. The van der Waals surface area contributed by atoms with E-state index in [1.807, 2.05) is 0 Å². The van der Waals surface area contributed by atoms with E-state index in [0.29, 0.717) is 0 Å². The number of benzene rings is 1. The summed E-state index contributed by atoms with van der Waals surface area (Å²) in [6, 6.07) is 16.9. The molecule has 0 radical (unpaired) electrons. The molecule has 0 N–H and O–H groups in total. The fraction of sp³-hybridized carbons (Fsp3) is 0.381. The van der Waals surface area contributed by atoms with E-state index >= 15 is 0 Å². The molecule has 0 unspecified atom stereocenters. The summed E-state index contributed by atoms with van der Waals surface area (Å²) in [6.45, 7) is 13.2. The van der Waals surface area contributed by atoms with E-state index in [9.17, 15) is 0 Å². The number of hydrogen-bond donors (Lipinski definition) is 0. The van der Waals surface area contributed by atoms with E-state index in [0.717, 1.165) is 37.5 Å². The van der Waals surface area contributed by atoms with Crippen LogP contribution in [0.25, 0.3) is 16.9 Å². The van der Waals surface area contributed by atoms with Crippen LogP contribution in [0, 0.1) is 0 Å². The van der Waals surface area contributed by atoms with E-state index in [4.69, 9.17) is 4.98 Å². The second-order valence-electron chi connectivity index (χ2n) is 6.15. The number of pyridine rings is 1. The van der Waals surface area contributed by atoms with Crippen LogP contribution in [0.15, 0.2) is 54.7 Å². The van der Waals surface area contributed by atoms with E-state index in [2.05, 4.69) is 96.2 Å². The molecular weight excluding hydrogens is 339 g/mol. The molecule has 4 nitrogen and oxygen atoms in total. The maximum atomic E-state index is 5.03. The van der Waals surface area contributed by atoms with Gasteiger partial charge in [0.1, 0.15) is 11.1 Å². The Balaban J connectivity index is 2.28. The zero-order valence-corrected chi connectivity index (χ0v) is 17.2. The summed E-state index contributed by atoms with van der Waals surface area (Å²) < 4.78 is 7.47. The number of aromatic nitrogens is 2. The van der Waals surface area contributed by atoms with Gasteiger partial charge in [-0.1, -0.05) is 64.1 Å². The van der Waals surface area contributed by atoms with Crippen LogP contribution in [0.4, 0.5) is 0 Å². The van der Waals surface area contributed by atoms with Gasteiger partial charge in [-0.25, -0.2) is 4.98 Å². The molecule has 138 valence electrons. The van der Waals surface area contributed by atoms with Crippen molar-refractivity contribution in [1.29, 1.82) is 0 Å². The molecule has 3 aromatic rings. The fourth-order valence-corrected chi connectivity index (χ4v) is 6.09. The number of rotatable bonds is 8. The van der Waals surface area contributed by atoms with E-state index in [1.165, 1.54) is 11.0 Å². The first-order chi connectivity index (χ1) is 12.7. The van der Waals surface area contributed by atoms with Crippen molar-refractivity contribution in [1.82, 2.24) is 18.7 Å². The van der Waals surface area contributed by atoms with Crippen LogP contribution in [-0.2, 0) is 0 Å². The zero-order chi connectivity index (χ0) is 18.5. The number of imidazole rings is 1. The summed E-state index contributed by atoms with van der Waals surface area (Å²) in [7, 11) is -0.623. The second-order valence-corrected chi connectivity index (χ2v) is 8.28. The number of fused-ring (bicyclic) bond motifs is 1. The van der Waals surface area contributed by atoms with Crippen molar-refractivity contribution in [2.45, 2.75) is 27.7 Å². The minimum Gasteiger partial charge on any atom is -0.297 e. The summed E-state index contributed by atoms with van der Waals surface area (Å²) in [5.41, 5.74) is 4.65. The third-order valence-electron chi connectivity index (χ3n) is 4.74. The van der Waals surface area contributed by atoms with Crippen LogP contribution in [0.3, 0.4) is 0 Å². The SMILES string of the molecule is CCN(CC)P(c1c(-c2ccccc2)nc2ccccn12)N(CC)CC. The normalized spacial score (nSPS) is 12.0. The molecule has 26 heavy (non-hydrogen) atoms. The Morgan fingerprint density at radius 2 is 1.38 bits per heavy atom. The van der Waals surface area contributed by atoms with Gasteiger partial charge >= 0.3 is 0 Å². The lowest BCUT2D eigenvalue weighted by molar-refractivity contribution is 0.429. The Bertz CT molecular complexity index is 810. The van der Waals surface area contributed by atoms with Gasteiger partial charge in [-0.3, -0.25) is 13.7 Å². The largest absolute Gasteiger partial charge is 0.297 e. The first-order valence-electron chi connectivity index (χ1n) is 9.57. The predicted octanol–water partition coefficient (Wildman–Crippen LogP) is 4.62. The minimum atomic E-state index is -0.623. The highest BCUT2D eigenvalue weighted by molar-refractivity contribution is 7.61. The average molecular weight is 368 g/mol. The second kappa shape index (κ2) is 8.77. The average Bonchev–Trinajstić information content (AvgIpc) is 3.08. The fourth-order valence-electron chi connectivity index (χ4n) is 3.39. The molecule has 0 atom stereocenters. The van der Waals surface area contributed by atoms with Gasteiger partial charge in [-0.15, -0.1) is 0 Å². The molecule has 0 spiro atoms. The molecule has 5 heteroatoms. The molecule has 2 heterocycles. The van der Waals surface area contributed by atoms with Gasteiger partial charge in [-0.2, -0.15) is 0 Å². The van der Waals surface area contributed by atoms with Crippen molar-refractivity contribution in [3.8, 4) is 11.3 Å². The molecule has 0 saturated heterocycles. The molecule has 2 aromatic heterocycles. The first-order valence-corrected chi connectivity index (χ1v) is 10.8. The summed E-state index contributed by atoms with van der Waals surface area (Å²) in [5.74, 6) is 0. The third kappa shape index (κ3) is 3.55. The minimum absolute atomic E-state index is 0.623. The van der Waals surface area contributed by atoms with Crippen LogP contribution >= 0.6 is 8.22 Å². The third-order valence-corrected chi connectivity index (χ3v) is 7.75. The van der Waals surface area contributed by atoms with Crippen LogP contribution in [0.2, 0.25) is 0 Å². The molecule has 3 rings (SSSR count). The summed E-state index contributed by atoms with van der Waals surface area (Å²) in [5, 5.41) is 0. The smallest absolute Gasteiger partial charge is 0.138 e. The maximum Gasteiger partial charge on any atom is 0.138 e. The molecule has 0 aliphatic heterocycles. The van der Waals surface area contributed by atoms with Crippen molar-refractivity contribution in [3.63, 3.8) is 0 Å². The van der Waals surface area contributed by atoms with Gasteiger partial charge in [-0.05, 0) is 12.1 Å². The lowest BCUT2D eigenvalue weighted by Gasteiger charge is -2.37. The topological polar surface area (TPSA) is 23.8 Å². The molecule has 0 saturated carbocycles. The van der Waals surface area contributed by atoms with E-state index < -0.39 is 8.22 Å². The molecule has 1 aromatic carbocycles. The lowest BCUT2D eigenvalue weighted by Crippen LogP contribution is -2.35. The molecule has 0 aliphatic rings. The van der Waals surface area contributed by atoms with Crippen LogP contribution in [0.1, 0.15) is 27.7 Å². The van der Waals surface area contributed by atoms with Crippen molar-refractivity contribution >= 4 is 19.3 Å². The zero-order valence-electron chi connectivity index (χ0n) is 16.3. The molecule has 0 fully saturated rings. The van der Waals surface area contributed by atoms with Gasteiger partial charge in [0, 0.05) is 37.9 Å². The Kier molecular flexibility index (Phi) is 6.42. The van der Waals surface area contributed by atoms with Crippen LogP contribution < -0.4 is 5.44 Å². The summed E-state index contributed by atoms with van der Waals surface area (Å²) in [4.78, 5) is 5.03. The predicted molar refractivity (Wildman–Crippen MR) is 113 cm³/mol. The Hall–Kier alpha value is -1.74. The first kappa shape index (κ1) is 19.0.